The topological polar surface area (TPSA) is 67.9 Å². The van der Waals surface area contributed by atoms with E-state index in [4.69, 9.17) is 17.3 Å². The van der Waals surface area contributed by atoms with E-state index in [9.17, 15) is 0 Å². The fourth-order valence-corrected chi connectivity index (χ4v) is 4.55. The maximum absolute atomic E-state index is 6.05. The molecule has 0 aromatic carbocycles. The summed E-state index contributed by atoms with van der Waals surface area (Å²) in [7, 11) is 0. The van der Waals surface area contributed by atoms with Crippen molar-refractivity contribution >= 4 is 23.5 Å². The van der Waals surface area contributed by atoms with Crippen LogP contribution < -0.4 is 10.6 Å². The maximum Gasteiger partial charge on any atom is 0.231 e. The lowest BCUT2D eigenvalue weighted by Crippen LogP contribution is -2.28. The van der Waals surface area contributed by atoms with Gasteiger partial charge in [0.05, 0.1) is 0 Å². The fourth-order valence-electron chi connectivity index (χ4n) is 4.39. The van der Waals surface area contributed by atoms with E-state index in [1.165, 1.54) is 116 Å². The molecule has 5 nitrogen and oxygen atoms in total. The molecule has 0 bridgehead atoms. The molecule has 0 atom stereocenters. The first-order chi connectivity index (χ1) is 16.2. The molecule has 0 aliphatic rings. The van der Waals surface area contributed by atoms with E-state index < -0.39 is 0 Å². The summed E-state index contributed by atoms with van der Waals surface area (Å²) in [6.07, 6.45) is 26.8. The van der Waals surface area contributed by atoms with Gasteiger partial charge in [-0.25, -0.2) is 0 Å². The third-order valence-electron chi connectivity index (χ3n) is 6.46. The number of unbranched alkanes of at least 4 members (excludes halogenated alkanes) is 18. The molecule has 0 radical (unpaired) electrons. The van der Waals surface area contributed by atoms with E-state index in [1.807, 2.05) is 0 Å². The predicted octanol–water partition coefficient (Wildman–Crippen LogP) is 8.76. The molecule has 0 fully saturated rings. The van der Waals surface area contributed by atoms with E-state index in [2.05, 4.69) is 33.7 Å². The Morgan fingerprint density at radius 1 is 0.545 bits per heavy atom. The second-order valence-corrected chi connectivity index (χ2v) is 9.95. The first kappa shape index (κ1) is 29.9. The third kappa shape index (κ3) is 17.1. The fraction of sp³-hybridized carbons (Fsp3) is 0.889. The van der Waals surface area contributed by atoms with Crippen molar-refractivity contribution in [1.29, 1.82) is 0 Å². The second-order valence-electron chi connectivity index (χ2n) is 9.61. The molecular formula is C27H52ClN5. The number of hydrogen-bond donors (Lipinski definition) is 1. The third-order valence-corrected chi connectivity index (χ3v) is 6.63. The molecule has 1 aromatic heterocycles. The molecular weight excluding hydrogens is 430 g/mol. The van der Waals surface area contributed by atoms with Crippen LogP contribution in [0.5, 0.6) is 0 Å². The van der Waals surface area contributed by atoms with Crippen LogP contribution in [0.1, 0.15) is 142 Å². The number of aromatic nitrogens is 3. The van der Waals surface area contributed by atoms with Crippen LogP contribution in [-0.2, 0) is 0 Å². The Hall–Kier alpha value is -1.10. The monoisotopic (exact) mass is 481 g/mol. The summed E-state index contributed by atoms with van der Waals surface area (Å²) in [5.41, 5.74) is 5.83. The van der Waals surface area contributed by atoms with E-state index in [0.717, 1.165) is 25.9 Å². The van der Waals surface area contributed by atoms with Gasteiger partial charge in [-0.3, -0.25) is 0 Å². The molecule has 0 amide bonds. The zero-order chi connectivity index (χ0) is 24.0. The number of nitrogens with zero attached hydrogens (tertiary/aromatic N) is 4. The van der Waals surface area contributed by atoms with Crippen molar-refractivity contribution in [3.63, 3.8) is 0 Å². The highest BCUT2D eigenvalue weighted by Gasteiger charge is 2.12. The van der Waals surface area contributed by atoms with Gasteiger partial charge >= 0.3 is 0 Å². The molecule has 0 aliphatic heterocycles. The van der Waals surface area contributed by atoms with Gasteiger partial charge in [-0.2, -0.15) is 15.0 Å². The van der Waals surface area contributed by atoms with Crippen LogP contribution in [0.2, 0.25) is 5.28 Å². The molecule has 1 heterocycles. The zero-order valence-corrected chi connectivity index (χ0v) is 22.6. The van der Waals surface area contributed by atoms with Crippen molar-refractivity contribution < 1.29 is 0 Å². The average Bonchev–Trinajstić information content (AvgIpc) is 2.79. The smallest absolute Gasteiger partial charge is 0.231 e. The summed E-state index contributed by atoms with van der Waals surface area (Å²) in [5.74, 6) is 0.848. The summed E-state index contributed by atoms with van der Waals surface area (Å²) in [6.45, 7) is 6.49. The Labute approximate surface area is 209 Å². The van der Waals surface area contributed by atoms with Gasteiger partial charge in [-0.1, -0.05) is 129 Å². The molecule has 33 heavy (non-hydrogen) atoms. The number of nitrogens with two attached hydrogens (primary N) is 1. The first-order valence-corrected chi connectivity index (χ1v) is 14.5. The number of anilines is 2. The molecule has 0 spiro atoms. The highest BCUT2D eigenvalue weighted by molar-refractivity contribution is 6.28. The first-order valence-electron chi connectivity index (χ1n) is 14.1. The van der Waals surface area contributed by atoms with Crippen molar-refractivity contribution in [1.82, 2.24) is 15.0 Å². The van der Waals surface area contributed by atoms with Crippen molar-refractivity contribution in [2.24, 2.45) is 0 Å². The standard InChI is InChI=1S/C27H52ClN5/c1-3-5-7-9-11-13-15-17-19-21-23-33(27-31-25(28)30-26(29)32-27)24-22-20-18-16-14-12-10-8-6-4-2/h3-24H2,1-2H3,(H2,29,30,31,32). The Bertz CT molecular complexity index is 525. The molecule has 0 saturated carbocycles. The van der Waals surface area contributed by atoms with Crippen molar-refractivity contribution in [3.8, 4) is 0 Å². The van der Waals surface area contributed by atoms with E-state index in [1.54, 1.807) is 0 Å². The molecule has 1 rings (SSSR count). The minimum Gasteiger partial charge on any atom is -0.368 e. The Morgan fingerprint density at radius 2 is 0.909 bits per heavy atom. The lowest BCUT2D eigenvalue weighted by Gasteiger charge is -2.22. The SMILES string of the molecule is CCCCCCCCCCCCN(CCCCCCCCCCCC)c1nc(N)nc(Cl)n1. The van der Waals surface area contributed by atoms with Crippen LogP contribution in [0.3, 0.4) is 0 Å². The summed E-state index contributed by atoms with van der Waals surface area (Å²) in [4.78, 5) is 14.9. The highest BCUT2D eigenvalue weighted by atomic mass is 35.5. The summed E-state index contributed by atoms with van der Waals surface area (Å²) < 4.78 is 0. The van der Waals surface area contributed by atoms with Crippen LogP contribution in [0.4, 0.5) is 11.9 Å². The zero-order valence-electron chi connectivity index (χ0n) is 21.8. The molecule has 192 valence electrons. The van der Waals surface area contributed by atoms with Gasteiger partial charge in [0.1, 0.15) is 0 Å². The summed E-state index contributed by atoms with van der Waals surface area (Å²) in [5, 5.41) is 0.189. The molecule has 2 N–H and O–H groups in total. The van der Waals surface area contributed by atoms with Crippen LogP contribution in [0.15, 0.2) is 0 Å². The lowest BCUT2D eigenvalue weighted by molar-refractivity contribution is 0.541. The van der Waals surface area contributed by atoms with Gasteiger partial charge in [0, 0.05) is 13.1 Å². The second kappa shape index (κ2) is 21.4. The summed E-state index contributed by atoms with van der Waals surface area (Å²) in [6, 6.07) is 0. The number of rotatable bonds is 23. The van der Waals surface area contributed by atoms with Gasteiger partial charge in [0.2, 0.25) is 17.2 Å². The average molecular weight is 482 g/mol. The largest absolute Gasteiger partial charge is 0.368 e. The number of halogens is 1. The lowest BCUT2D eigenvalue weighted by atomic mass is 10.1. The van der Waals surface area contributed by atoms with Gasteiger partial charge in [0.25, 0.3) is 0 Å². The predicted molar refractivity (Wildman–Crippen MR) is 145 cm³/mol. The summed E-state index contributed by atoms with van der Waals surface area (Å²) >= 11 is 6.05. The number of nitrogen functional groups attached to an aromatic ring is 1. The van der Waals surface area contributed by atoms with Crippen molar-refractivity contribution in [3.05, 3.63) is 5.28 Å². The van der Waals surface area contributed by atoms with Crippen LogP contribution in [-0.4, -0.2) is 28.0 Å². The highest BCUT2D eigenvalue weighted by Crippen LogP contribution is 2.17. The minimum absolute atomic E-state index is 0.189. The van der Waals surface area contributed by atoms with E-state index >= 15 is 0 Å². The van der Waals surface area contributed by atoms with Crippen LogP contribution >= 0.6 is 11.6 Å². The van der Waals surface area contributed by atoms with Gasteiger partial charge in [-0.15, -0.1) is 0 Å². The minimum atomic E-state index is 0.189. The van der Waals surface area contributed by atoms with Gasteiger partial charge in [0.15, 0.2) is 0 Å². The van der Waals surface area contributed by atoms with Crippen molar-refractivity contribution in [2.75, 3.05) is 23.7 Å². The maximum atomic E-state index is 6.05. The molecule has 6 heteroatoms. The number of hydrogen-bond acceptors (Lipinski definition) is 5. The quantitative estimate of drug-likeness (QED) is 0.158. The van der Waals surface area contributed by atoms with E-state index in [-0.39, 0.29) is 11.2 Å². The van der Waals surface area contributed by atoms with E-state index in [0.29, 0.717) is 5.95 Å². The molecule has 0 saturated heterocycles. The van der Waals surface area contributed by atoms with Crippen LogP contribution in [0, 0.1) is 0 Å². The van der Waals surface area contributed by atoms with Crippen LogP contribution in [0.25, 0.3) is 0 Å². The Balaban J connectivity index is 2.25. The van der Waals surface area contributed by atoms with Crippen molar-refractivity contribution in [2.45, 2.75) is 142 Å². The van der Waals surface area contributed by atoms with Gasteiger partial charge < -0.3 is 10.6 Å². The Kier molecular flexibility index (Phi) is 19.4. The molecule has 0 unspecified atom stereocenters. The normalized spacial score (nSPS) is 11.2. The van der Waals surface area contributed by atoms with Gasteiger partial charge in [-0.05, 0) is 24.4 Å². The Morgan fingerprint density at radius 3 is 1.27 bits per heavy atom. The molecule has 1 aromatic rings. The molecule has 0 aliphatic carbocycles.